The van der Waals surface area contributed by atoms with Crippen LogP contribution in [0.4, 0.5) is 5.95 Å². The van der Waals surface area contributed by atoms with E-state index in [1.54, 1.807) is 0 Å². The Labute approximate surface area is 97.1 Å². The molecule has 84 valence electrons. The Kier molecular flexibility index (Phi) is 2.04. The monoisotopic (exact) mass is 226 g/mol. The van der Waals surface area contributed by atoms with Crippen LogP contribution in [-0.2, 0) is 4.79 Å². The van der Waals surface area contributed by atoms with Gasteiger partial charge in [-0.1, -0.05) is 18.2 Å². The van der Waals surface area contributed by atoms with Gasteiger partial charge in [0, 0.05) is 6.92 Å². The number of para-hydroxylation sites is 1. The number of hydrogen-bond acceptors (Lipinski definition) is 3. The van der Waals surface area contributed by atoms with Gasteiger partial charge in [-0.3, -0.25) is 14.5 Å². The first kappa shape index (κ1) is 9.77. The number of carbonyl (C=O) groups is 1. The molecule has 1 N–H and O–H groups in total. The third kappa shape index (κ3) is 1.52. The molecule has 3 rings (SSSR count). The van der Waals surface area contributed by atoms with Crippen LogP contribution in [0.25, 0.3) is 16.6 Å². The molecule has 0 aliphatic rings. The molecular formula is C12H10N4O. The summed E-state index contributed by atoms with van der Waals surface area (Å²) in [5, 5.41) is 11.7. The van der Waals surface area contributed by atoms with E-state index in [-0.39, 0.29) is 5.91 Å². The van der Waals surface area contributed by atoms with Crippen LogP contribution < -0.4 is 5.32 Å². The van der Waals surface area contributed by atoms with Crippen molar-refractivity contribution in [2.24, 2.45) is 0 Å². The van der Waals surface area contributed by atoms with Crippen molar-refractivity contribution < 1.29 is 4.79 Å². The van der Waals surface area contributed by atoms with Gasteiger partial charge in [0.15, 0.2) is 5.65 Å². The van der Waals surface area contributed by atoms with Gasteiger partial charge in [0.25, 0.3) is 0 Å². The number of nitrogens with one attached hydrogen (secondary N) is 1. The molecule has 5 nitrogen and oxygen atoms in total. The van der Waals surface area contributed by atoms with Gasteiger partial charge in [-0.15, -0.1) is 10.2 Å². The second-order valence-electron chi connectivity index (χ2n) is 3.79. The zero-order valence-electron chi connectivity index (χ0n) is 9.21. The topological polar surface area (TPSA) is 59.3 Å². The number of amides is 1. The standard InChI is InChI=1S/C12H10N4O/c1-8(17)13-12-15-14-11-7-6-9-4-2-3-5-10(9)16(11)12/h2-7H,1H3,(H,13,15,17). The molecule has 0 saturated heterocycles. The molecule has 17 heavy (non-hydrogen) atoms. The molecule has 1 amide bonds. The minimum atomic E-state index is -0.160. The molecule has 0 aliphatic carbocycles. The molecule has 2 heterocycles. The zero-order valence-corrected chi connectivity index (χ0v) is 9.21. The van der Waals surface area contributed by atoms with Gasteiger partial charge in [0.2, 0.25) is 11.9 Å². The Morgan fingerprint density at radius 2 is 2.00 bits per heavy atom. The number of nitrogens with zero attached hydrogens (tertiary/aromatic N) is 3. The largest absolute Gasteiger partial charge is 0.295 e. The van der Waals surface area contributed by atoms with E-state index < -0.39 is 0 Å². The molecule has 0 bridgehead atoms. The number of pyridine rings is 1. The highest BCUT2D eigenvalue weighted by Crippen LogP contribution is 2.19. The highest BCUT2D eigenvalue weighted by Gasteiger charge is 2.08. The van der Waals surface area contributed by atoms with Crippen molar-refractivity contribution in [2.45, 2.75) is 6.92 Å². The van der Waals surface area contributed by atoms with Crippen LogP contribution in [0.5, 0.6) is 0 Å². The number of rotatable bonds is 1. The maximum Gasteiger partial charge on any atom is 0.236 e. The molecule has 0 unspecified atom stereocenters. The van der Waals surface area contributed by atoms with E-state index in [9.17, 15) is 4.79 Å². The van der Waals surface area contributed by atoms with Gasteiger partial charge in [-0.25, -0.2) is 0 Å². The predicted octanol–water partition coefficient (Wildman–Crippen LogP) is 1.84. The fraction of sp³-hybridized carbons (Fsp3) is 0.0833. The number of aromatic nitrogens is 3. The third-order valence-electron chi connectivity index (χ3n) is 2.57. The molecule has 0 saturated carbocycles. The van der Waals surface area contributed by atoms with Crippen LogP contribution >= 0.6 is 0 Å². The highest BCUT2D eigenvalue weighted by molar-refractivity contribution is 5.89. The van der Waals surface area contributed by atoms with Crippen molar-refractivity contribution in [1.29, 1.82) is 0 Å². The number of fused-ring (bicyclic) bond motifs is 3. The SMILES string of the molecule is CC(=O)Nc1nnc2ccc3ccccc3n12. The number of anilines is 1. The lowest BCUT2D eigenvalue weighted by molar-refractivity contribution is -0.114. The molecule has 3 aromatic rings. The minimum Gasteiger partial charge on any atom is -0.295 e. The van der Waals surface area contributed by atoms with E-state index in [2.05, 4.69) is 15.5 Å². The Bertz CT molecular complexity index is 717. The second kappa shape index (κ2) is 3.55. The molecule has 2 aromatic heterocycles. The number of benzene rings is 1. The molecule has 1 aromatic carbocycles. The van der Waals surface area contributed by atoms with Crippen LogP contribution in [0, 0.1) is 0 Å². The molecule has 0 spiro atoms. The zero-order chi connectivity index (χ0) is 11.8. The van der Waals surface area contributed by atoms with Gasteiger partial charge in [0.1, 0.15) is 0 Å². The third-order valence-corrected chi connectivity index (χ3v) is 2.57. The van der Waals surface area contributed by atoms with Crippen molar-refractivity contribution in [3.8, 4) is 0 Å². The normalized spacial score (nSPS) is 10.9. The summed E-state index contributed by atoms with van der Waals surface area (Å²) in [6, 6.07) is 11.7. The minimum absolute atomic E-state index is 0.160. The second-order valence-corrected chi connectivity index (χ2v) is 3.79. The van der Waals surface area contributed by atoms with Gasteiger partial charge < -0.3 is 0 Å². The highest BCUT2D eigenvalue weighted by atomic mass is 16.1. The van der Waals surface area contributed by atoms with Crippen LogP contribution in [0.2, 0.25) is 0 Å². The van der Waals surface area contributed by atoms with Crippen molar-refractivity contribution >= 4 is 28.4 Å². The first-order chi connectivity index (χ1) is 8.25. The number of hydrogen-bond donors (Lipinski definition) is 1. The van der Waals surface area contributed by atoms with E-state index in [0.717, 1.165) is 10.9 Å². The maximum absolute atomic E-state index is 11.1. The summed E-state index contributed by atoms with van der Waals surface area (Å²) < 4.78 is 1.83. The maximum atomic E-state index is 11.1. The van der Waals surface area contributed by atoms with Crippen molar-refractivity contribution in [3.05, 3.63) is 36.4 Å². The summed E-state index contributed by atoms with van der Waals surface area (Å²) in [5.41, 5.74) is 1.69. The first-order valence-electron chi connectivity index (χ1n) is 5.26. The van der Waals surface area contributed by atoms with Crippen molar-refractivity contribution in [1.82, 2.24) is 14.6 Å². The molecular weight excluding hydrogens is 216 g/mol. The van der Waals surface area contributed by atoms with Gasteiger partial charge in [0.05, 0.1) is 5.52 Å². The lowest BCUT2D eigenvalue weighted by Crippen LogP contribution is -2.09. The summed E-state index contributed by atoms with van der Waals surface area (Å²) in [6.07, 6.45) is 0. The molecule has 5 heteroatoms. The molecule has 0 radical (unpaired) electrons. The fourth-order valence-electron chi connectivity index (χ4n) is 1.88. The van der Waals surface area contributed by atoms with Gasteiger partial charge in [-0.2, -0.15) is 0 Å². The van der Waals surface area contributed by atoms with E-state index in [1.165, 1.54) is 6.92 Å². The summed E-state index contributed by atoms with van der Waals surface area (Å²) in [4.78, 5) is 11.1. The Balaban J connectivity index is 2.38. The van der Waals surface area contributed by atoms with E-state index in [4.69, 9.17) is 0 Å². The smallest absolute Gasteiger partial charge is 0.236 e. The first-order valence-corrected chi connectivity index (χ1v) is 5.26. The predicted molar refractivity (Wildman–Crippen MR) is 64.8 cm³/mol. The van der Waals surface area contributed by atoms with Gasteiger partial charge >= 0.3 is 0 Å². The molecule has 0 atom stereocenters. The summed E-state index contributed by atoms with van der Waals surface area (Å²) >= 11 is 0. The van der Waals surface area contributed by atoms with Crippen molar-refractivity contribution in [2.75, 3.05) is 5.32 Å². The lowest BCUT2D eigenvalue weighted by atomic mass is 10.2. The van der Waals surface area contributed by atoms with E-state index >= 15 is 0 Å². The summed E-state index contributed by atoms with van der Waals surface area (Å²) in [7, 11) is 0. The lowest BCUT2D eigenvalue weighted by Gasteiger charge is -2.04. The quantitative estimate of drug-likeness (QED) is 0.688. The van der Waals surface area contributed by atoms with Crippen LogP contribution in [0.15, 0.2) is 36.4 Å². The Morgan fingerprint density at radius 3 is 2.82 bits per heavy atom. The Morgan fingerprint density at radius 1 is 1.18 bits per heavy atom. The van der Waals surface area contributed by atoms with Crippen molar-refractivity contribution in [3.63, 3.8) is 0 Å². The fourth-order valence-corrected chi connectivity index (χ4v) is 1.88. The van der Waals surface area contributed by atoms with Crippen LogP contribution in [0.1, 0.15) is 6.92 Å². The average molecular weight is 226 g/mol. The van der Waals surface area contributed by atoms with E-state index in [1.807, 2.05) is 40.8 Å². The van der Waals surface area contributed by atoms with Gasteiger partial charge in [-0.05, 0) is 23.6 Å². The Hall–Kier alpha value is -2.43. The summed E-state index contributed by atoms with van der Waals surface area (Å²) in [6.45, 7) is 1.45. The van der Waals surface area contributed by atoms with E-state index in [0.29, 0.717) is 11.6 Å². The average Bonchev–Trinajstić information content (AvgIpc) is 2.72. The number of carbonyl (C=O) groups excluding carboxylic acids is 1. The summed E-state index contributed by atoms with van der Waals surface area (Å²) in [5.74, 6) is 0.288. The van der Waals surface area contributed by atoms with Crippen LogP contribution in [-0.4, -0.2) is 20.5 Å². The molecule has 0 aliphatic heterocycles. The van der Waals surface area contributed by atoms with Crippen LogP contribution in [0.3, 0.4) is 0 Å². The molecule has 0 fully saturated rings.